The molecule has 2 heterocycles. The Morgan fingerprint density at radius 2 is 2.07 bits per heavy atom. The topological polar surface area (TPSA) is 115 Å². The first-order valence-electron chi connectivity index (χ1n) is 9.77. The van der Waals surface area contributed by atoms with E-state index in [0.29, 0.717) is 12.1 Å². The molecule has 4 rings (SSSR count). The van der Waals surface area contributed by atoms with Crippen LogP contribution < -0.4 is 16.6 Å². The van der Waals surface area contributed by atoms with Crippen LogP contribution in [0, 0.1) is 11.2 Å². The number of rotatable bonds is 4. The predicted octanol–water partition coefficient (Wildman–Crippen LogP) is 2.53. The standard InChI is InChI=1S/C21H24FN5O3/c1-21(2,3)10-26-15-9-14(12-5-4-6-13(22)17(12)23)25-27(15)20(30)16(19(26)29)18(28)24-11-7-8-11/h4-6,9,11,29H,7-8,10,23H2,1-3H3,(H,24,28). The maximum Gasteiger partial charge on any atom is 0.291 e. The van der Waals surface area contributed by atoms with Crippen LogP contribution in [-0.4, -0.2) is 31.2 Å². The van der Waals surface area contributed by atoms with E-state index < -0.39 is 23.2 Å². The molecule has 1 fully saturated rings. The third kappa shape index (κ3) is 3.51. The number of nitrogen functional groups attached to an aromatic ring is 1. The molecule has 0 saturated heterocycles. The Morgan fingerprint density at radius 3 is 2.70 bits per heavy atom. The number of aromatic nitrogens is 3. The minimum atomic E-state index is -0.743. The summed E-state index contributed by atoms with van der Waals surface area (Å²) in [5, 5.41) is 17.9. The highest BCUT2D eigenvalue weighted by atomic mass is 19.1. The molecule has 0 spiro atoms. The first-order valence-corrected chi connectivity index (χ1v) is 9.77. The van der Waals surface area contributed by atoms with Crippen molar-refractivity contribution >= 4 is 17.2 Å². The highest BCUT2D eigenvalue weighted by Gasteiger charge is 2.30. The average Bonchev–Trinajstić information content (AvgIpc) is 3.35. The van der Waals surface area contributed by atoms with Gasteiger partial charge in [-0.15, -0.1) is 0 Å². The van der Waals surface area contributed by atoms with Gasteiger partial charge in [0.25, 0.3) is 11.5 Å². The van der Waals surface area contributed by atoms with E-state index in [-0.39, 0.29) is 34.0 Å². The number of carbonyl (C=O) groups is 1. The van der Waals surface area contributed by atoms with E-state index in [2.05, 4.69) is 10.4 Å². The number of nitrogens with two attached hydrogens (primary N) is 1. The zero-order valence-corrected chi connectivity index (χ0v) is 17.1. The summed E-state index contributed by atoms with van der Waals surface area (Å²) in [5.74, 6) is -1.65. The van der Waals surface area contributed by atoms with Gasteiger partial charge >= 0.3 is 0 Å². The summed E-state index contributed by atoms with van der Waals surface area (Å²) in [5.41, 5.74) is 5.27. The van der Waals surface area contributed by atoms with Crippen molar-refractivity contribution < 1.29 is 14.3 Å². The second kappa shape index (κ2) is 6.86. The largest absolute Gasteiger partial charge is 0.494 e. The van der Waals surface area contributed by atoms with Crippen LogP contribution >= 0.6 is 0 Å². The number of aromatic hydroxyl groups is 1. The van der Waals surface area contributed by atoms with Crippen molar-refractivity contribution in [2.24, 2.45) is 5.41 Å². The monoisotopic (exact) mass is 413 g/mol. The Balaban J connectivity index is 1.97. The quantitative estimate of drug-likeness (QED) is 0.569. The number of halogens is 1. The molecule has 0 radical (unpaired) electrons. The lowest BCUT2D eigenvalue weighted by atomic mass is 9.96. The predicted molar refractivity (Wildman–Crippen MR) is 111 cm³/mol. The molecule has 30 heavy (non-hydrogen) atoms. The van der Waals surface area contributed by atoms with E-state index in [9.17, 15) is 19.1 Å². The lowest BCUT2D eigenvalue weighted by molar-refractivity contribution is 0.0944. The van der Waals surface area contributed by atoms with Gasteiger partial charge in [0.1, 0.15) is 11.5 Å². The molecule has 1 aromatic carbocycles. The molecule has 2 aromatic heterocycles. The molecule has 0 atom stereocenters. The average molecular weight is 413 g/mol. The van der Waals surface area contributed by atoms with Gasteiger partial charge in [-0.1, -0.05) is 32.9 Å². The number of benzene rings is 1. The van der Waals surface area contributed by atoms with Gasteiger partial charge in [0.2, 0.25) is 5.88 Å². The molecular formula is C21H24FN5O3. The van der Waals surface area contributed by atoms with Crippen LogP contribution in [0.2, 0.25) is 0 Å². The Hall–Kier alpha value is -3.36. The second-order valence-electron chi connectivity index (χ2n) is 8.90. The molecule has 0 aliphatic heterocycles. The highest BCUT2D eigenvalue weighted by molar-refractivity contribution is 5.96. The van der Waals surface area contributed by atoms with Gasteiger partial charge in [-0.3, -0.25) is 14.2 Å². The summed E-state index contributed by atoms with van der Waals surface area (Å²) in [6.45, 7) is 6.21. The van der Waals surface area contributed by atoms with Crippen LogP contribution in [0.15, 0.2) is 29.1 Å². The number of nitrogens with one attached hydrogen (secondary N) is 1. The van der Waals surface area contributed by atoms with Gasteiger partial charge in [0.05, 0.1) is 11.4 Å². The van der Waals surface area contributed by atoms with Crippen molar-refractivity contribution in [3.8, 4) is 17.1 Å². The van der Waals surface area contributed by atoms with Gasteiger partial charge in [-0.25, -0.2) is 4.39 Å². The van der Waals surface area contributed by atoms with E-state index in [0.717, 1.165) is 17.4 Å². The number of anilines is 1. The molecular weight excluding hydrogens is 389 g/mol. The molecule has 8 nitrogen and oxygen atoms in total. The second-order valence-corrected chi connectivity index (χ2v) is 8.90. The minimum Gasteiger partial charge on any atom is -0.494 e. The summed E-state index contributed by atoms with van der Waals surface area (Å²) >= 11 is 0. The molecule has 9 heteroatoms. The van der Waals surface area contributed by atoms with Gasteiger partial charge in [0, 0.05) is 24.2 Å². The number of hydrogen-bond acceptors (Lipinski definition) is 5. The summed E-state index contributed by atoms with van der Waals surface area (Å²) in [4.78, 5) is 25.7. The normalized spacial score (nSPS) is 14.3. The SMILES string of the molecule is CC(C)(C)Cn1c(O)c(C(=O)NC2CC2)c(=O)n2nc(-c3cccc(F)c3N)cc12. The third-order valence-electron chi connectivity index (χ3n) is 4.95. The summed E-state index contributed by atoms with van der Waals surface area (Å²) in [7, 11) is 0. The molecule has 1 saturated carbocycles. The molecule has 1 amide bonds. The molecule has 158 valence electrons. The van der Waals surface area contributed by atoms with Crippen molar-refractivity contribution in [3.05, 3.63) is 46.0 Å². The number of hydrogen-bond donors (Lipinski definition) is 3. The molecule has 0 unspecified atom stereocenters. The first-order chi connectivity index (χ1) is 14.1. The highest BCUT2D eigenvalue weighted by Crippen LogP contribution is 2.30. The van der Waals surface area contributed by atoms with E-state index in [4.69, 9.17) is 5.73 Å². The van der Waals surface area contributed by atoms with Crippen molar-refractivity contribution in [1.82, 2.24) is 19.5 Å². The lowest BCUT2D eigenvalue weighted by Crippen LogP contribution is -2.35. The van der Waals surface area contributed by atoms with E-state index in [1.54, 1.807) is 12.1 Å². The summed E-state index contributed by atoms with van der Waals surface area (Å²) in [6, 6.07) is 5.90. The fourth-order valence-corrected chi connectivity index (χ4v) is 3.36. The zero-order chi connectivity index (χ0) is 21.8. The smallest absolute Gasteiger partial charge is 0.291 e. The van der Waals surface area contributed by atoms with Crippen LogP contribution in [-0.2, 0) is 6.54 Å². The first kappa shape index (κ1) is 19.9. The third-order valence-corrected chi connectivity index (χ3v) is 4.95. The van der Waals surface area contributed by atoms with E-state index in [1.165, 1.54) is 16.7 Å². The van der Waals surface area contributed by atoms with Crippen molar-refractivity contribution in [3.63, 3.8) is 0 Å². The molecule has 3 aromatic rings. The van der Waals surface area contributed by atoms with Gasteiger partial charge in [-0.2, -0.15) is 9.61 Å². The number of amides is 1. The number of para-hydroxylation sites is 1. The number of nitrogens with zero attached hydrogens (tertiary/aromatic N) is 3. The molecule has 0 bridgehead atoms. The van der Waals surface area contributed by atoms with Gasteiger partial charge in [-0.05, 0) is 24.3 Å². The van der Waals surface area contributed by atoms with Crippen LogP contribution in [0.3, 0.4) is 0 Å². The zero-order valence-electron chi connectivity index (χ0n) is 17.1. The summed E-state index contributed by atoms with van der Waals surface area (Å²) < 4.78 is 16.5. The van der Waals surface area contributed by atoms with Crippen molar-refractivity contribution in [2.45, 2.75) is 46.2 Å². The fourth-order valence-electron chi connectivity index (χ4n) is 3.36. The van der Waals surface area contributed by atoms with Crippen LogP contribution in [0.25, 0.3) is 16.9 Å². The molecule has 1 aliphatic carbocycles. The Labute approximate surface area is 172 Å². The van der Waals surface area contributed by atoms with Crippen molar-refractivity contribution in [2.75, 3.05) is 5.73 Å². The van der Waals surface area contributed by atoms with Crippen LogP contribution in [0.4, 0.5) is 10.1 Å². The van der Waals surface area contributed by atoms with Gasteiger partial charge in [0.15, 0.2) is 5.56 Å². The van der Waals surface area contributed by atoms with Crippen LogP contribution in [0.5, 0.6) is 5.88 Å². The van der Waals surface area contributed by atoms with E-state index >= 15 is 0 Å². The molecule has 1 aliphatic rings. The Kier molecular flexibility index (Phi) is 4.56. The number of carbonyl (C=O) groups excluding carboxylic acids is 1. The van der Waals surface area contributed by atoms with E-state index in [1.807, 2.05) is 20.8 Å². The van der Waals surface area contributed by atoms with Crippen molar-refractivity contribution in [1.29, 1.82) is 0 Å². The lowest BCUT2D eigenvalue weighted by Gasteiger charge is -2.23. The fraction of sp³-hybridized carbons (Fsp3) is 0.381. The number of fused-ring (bicyclic) bond motifs is 1. The summed E-state index contributed by atoms with van der Waals surface area (Å²) in [6.07, 6.45) is 1.69. The molecule has 4 N–H and O–H groups in total. The Morgan fingerprint density at radius 1 is 1.37 bits per heavy atom. The van der Waals surface area contributed by atoms with Gasteiger partial charge < -0.3 is 16.2 Å². The maximum absolute atomic E-state index is 13.9. The van der Waals surface area contributed by atoms with Crippen LogP contribution in [0.1, 0.15) is 44.0 Å². The minimum absolute atomic E-state index is 0.0170. The Bertz CT molecular complexity index is 1220. The maximum atomic E-state index is 13.9.